The van der Waals surface area contributed by atoms with E-state index < -0.39 is 0 Å². The molecule has 1 aliphatic rings. The molecule has 0 aliphatic carbocycles. The second kappa shape index (κ2) is 7.21. The van der Waals surface area contributed by atoms with E-state index in [-0.39, 0.29) is 11.9 Å². The molecule has 24 heavy (non-hydrogen) atoms. The Labute approximate surface area is 142 Å². The molecule has 2 aromatic rings. The molecule has 1 aliphatic heterocycles. The van der Waals surface area contributed by atoms with Crippen LogP contribution in [0.15, 0.2) is 28.7 Å². The van der Waals surface area contributed by atoms with Gasteiger partial charge in [-0.3, -0.25) is 0 Å². The van der Waals surface area contributed by atoms with Crippen molar-refractivity contribution in [1.29, 1.82) is 0 Å². The van der Waals surface area contributed by atoms with Crippen LogP contribution in [0, 0.1) is 0 Å². The number of oxazole rings is 1. The van der Waals surface area contributed by atoms with E-state index in [1.807, 2.05) is 43.3 Å². The van der Waals surface area contributed by atoms with Crippen LogP contribution in [0.2, 0.25) is 0 Å². The van der Waals surface area contributed by atoms with Crippen molar-refractivity contribution >= 4 is 17.1 Å². The Hall–Kier alpha value is -2.08. The molecule has 1 aromatic heterocycles. The van der Waals surface area contributed by atoms with Crippen LogP contribution < -0.4 is 5.32 Å². The summed E-state index contributed by atoms with van der Waals surface area (Å²) in [5.41, 5.74) is 1.70. The smallest absolute Gasteiger partial charge is 0.317 e. The summed E-state index contributed by atoms with van der Waals surface area (Å²) < 4.78 is 5.89. The van der Waals surface area contributed by atoms with Crippen LogP contribution >= 0.6 is 0 Å². The molecule has 2 amide bonds. The number of piperidine rings is 1. The molecule has 130 valence electrons. The van der Waals surface area contributed by atoms with Crippen LogP contribution in [0.25, 0.3) is 11.1 Å². The maximum absolute atomic E-state index is 12.4. The number of nitrogens with zero attached hydrogens (tertiary/aromatic N) is 3. The summed E-state index contributed by atoms with van der Waals surface area (Å²) in [5.74, 6) is 0.915. The molecule has 6 nitrogen and oxygen atoms in total. The maximum atomic E-state index is 12.4. The van der Waals surface area contributed by atoms with Crippen LogP contribution in [-0.4, -0.2) is 60.6 Å². The fraction of sp³-hybridized carbons (Fsp3) is 0.556. The van der Waals surface area contributed by atoms with Crippen molar-refractivity contribution in [2.45, 2.75) is 31.7 Å². The summed E-state index contributed by atoms with van der Waals surface area (Å²) in [6, 6.07) is 8.11. The highest BCUT2D eigenvalue weighted by molar-refractivity contribution is 5.74. The van der Waals surface area contributed by atoms with E-state index in [0.29, 0.717) is 19.1 Å². The van der Waals surface area contributed by atoms with Crippen LogP contribution in [0.3, 0.4) is 0 Å². The number of likely N-dealkylation sites (tertiary alicyclic amines) is 1. The summed E-state index contributed by atoms with van der Waals surface area (Å²) in [5, 5.41) is 3.03. The van der Waals surface area contributed by atoms with Gasteiger partial charge in [-0.15, -0.1) is 0 Å². The maximum Gasteiger partial charge on any atom is 0.317 e. The molecule has 0 bridgehead atoms. The minimum Gasteiger partial charge on any atom is -0.440 e. The van der Waals surface area contributed by atoms with E-state index in [1.165, 1.54) is 0 Å². The fourth-order valence-corrected chi connectivity index (χ4v) is 2.96. The van der Waals surface area contributed by atoms with Gasteiger partial charge < -0.3 is 19.5 Å². The molecule has 1 aromatic carbocycles. The van der Waals surface area contributed by atoms with Crippen molar-refractivity contribution < 1.29 is 9.21 Å². The lowest BCUT2D eigenvalue weighted by Crippen LogP contribution is -2.48. The summed E-state index contributed by atoms with van der Waals surface area (Å²) in [6.07, 6.45) is 1.98. The van der Waals surface area contributed by atoms with Gasteiger partial charge in [0, 0.05) is 25.7 Å². The first-order valence-electron chi connectivity index (χ1n) is 8.59. The topological polar surface area (TPSA) is 61.6 Å². The molecule has 1 N–H and O–H groups in total. The third-order valence-electron chi connectivity index (χ3n) is 4.80. The van der Waals surface area contributed by atoms with Crippen molar-refractivity contribution in [1.82, 2.24) is 20.1 Å². The number of fused-ring (bicyclic) bond motifs is 1. The van der Waals surface area contributed by atoms with Gasteiger partial charge in [0.1, 0.15) is 5.52 Å². The number of hydrogen-bond acceptors (Lipinski definition) is 4. The predicted octanol–water partition coefficient (Wildman–Crippen LogP) is 2.67. The Morgan fingerprint density at radius 1 is 1.46 bits per heavy atom. The number of rotatable bonds is 4. The molecule has 6 heteroatoms. The zero-order valence-corrected chi connectivity index (χ0v) is 14.7. The molecule has 0 radical (unpaired) electrons. The van der Waals surface area contributed by atoms with Crippen molar-refractivity contribution in [2.24, 2.45) is 0 Å². The largest absolute Gasteiger partial charge is 0.440 e. The second-order valence-electron chi connectivity index (χ2n) is 6.80. The normalized spacial score (nSPS) is 19.7. The van der Waals surface area contributed by atoms with Crippen molar-refractivity contribution in [3.63, 3.8) is 0 Å². The van der Waals surface area contributed by atoms with Crippen molar-refractivity contribution in [3.05, 3.63) is 30.2 Å². The van der Waals surface area contributed by atoms with Gasteiger partial charge in [0.05, 0.1) is 5.92 Å². The molecule has 0 saturated carbocycles. The summed E-state index contributed by atoms with van der Waals surface area (Å²) >= 11 is 0. The minimum absolute atomic E-state index is 0.00418. The molecular formula is C18H26N4O2. The number of aromatic nitrogens is 1. The first-order chi connectivity index (χ1) is 11.5. The average molecular weight is 330 g/mol. The Morgan fingerprint density at radius 2 is 2.25 bits per heavy atom. The van der Waals surface area contributed by atoms with Gasteiger partial charge in [-0.1, -0.05) is 12.1 Å². The molecule has 2 heterocycles. The van der Waals surface area contributed by atoms with Gasteiger partial charge in [0.2, 0.25) is 0 Å². The monoisotopic (exact) mass is 330 g/mol. The zero-order valence-electron chi connectivity index (χ0n) is 14.7. The van der Waals surface area contributed by atoms with Gasteiger partial charge in [-0.2, -0.15) is 0 Å². The van der Waals surface area contributed by atoms with E-state index >= 15 is 0 Å². The van der Waals surface area contributed by atoms with Gasteiger partial charge in [0.15, 0.2) is 11.5 Å². The molecule has 3 rings (SSSR count). The van der Waals surface area contributed by atoms with Crippen LogP contribution in [-0.2, 0) is 0 Å². The van der Waals surface area contributed by atoms with E-state index in [9.17, 15) is 4.79 Å². The van der Waals surface area contributed by atoms with Gasteiger partial charge in [-0.05, 0) is 46.0 Å². The summed E-state index contributed by atoms with van der Waals surface area (Å²) in [6.45, 7) is 4.20. The van der Waals surface area contributed by atoms with Gasteiger partial charge >= 0.3 is 6.03 Å². The Kier molecular flexibility index (Phi) is 5.04. The quantitative estimate of drug-likeness (QED) is 0.936. The zero-order chi connectivity index (χ0) is 17.1. The third-order valence-corrected chi connectivity index (χ3v) is 4.80. The Balaban J connectivity index is 1.62. The Bertz CT molecular complexity index is 664. The lowest BCUT2D eigenvalue weighted by atomic mass is 9.98. The van der Waals surface area contributed by atoms with E-state index in [4.69, 9.17) is 4.42 Å². The number of carbonyl (C=O) groups is 1. The average Bonchev–Trinajstić information content (AvgIpc) is 3.03. The summed E-state index contributed by atoms with van der Waals surface area (Å²) in [4.78, 5) is 21.0. The second-order valence-corrected chi connectivity index (χ2v) is 6.80. The van der Waals surface area contributed by atoms with Crippen LogP contribution in [0.4, 0.5) is 4.79 Å². The first kappa shape index (κ1) is 16.8. The highest BCUT2D eigenvalue weighted by Gasteiger charge is 2.28. The number of amides is 2. The van der Waals surface area contributed by atoms with Crippen LogP contribution in [0.5, 0.6) is 0 Å². The lowest BCUT2D eigenvalue weighted by molar-refractivity contribution is 0.171. The molecule has 1 fully saturated rings. The van der Waals surface area contributed by atoms with Gasteiger partial charge in [0.25, 0.3) is 0 Å². The highest BCUT2D eigenvalue weighted by atomic mass is 16.3. The molecule has 0 spiro atoms. The van der Waals surface area contributed by atoms with E-state index in [2.05, 4.69) is 22.1 Å². The number of likely N-dealkylation sites (N-methyl/N-ethyl adjacent to an activating group) is 1. The van der Waals surface area contributed by atoms with Crippen molar-refractivity contribution in [2.75, 3.05) is 33.7 Å². The SMILES string of the molecule is C[C@H](CNC(=O)N1CCC[C@@H](c2nc3ccccc3o2)C1)N(C)C. The fourth-order valence-electron chi connectivity index (χ4n) is 2.96. The number of para-hydroxylation sites is 2. The highest BCUT2D eigenvalue weighted by Crippen LogP contribution is 2.28. The van der Waals surface area contributed by atoms with Crippen molar-refractivity contribution in [3.8, 4) is 0 Å². The third kappa shape index (κ3) is 3.70. The predicted molar refractivity (Wildman–Crippen MR) is 94.1 cm³/mol. The van der Waals surface area contributed by atoms with Gasteiger partial charge in [-0.25, -0.2) is 9.78 Å². The number of carbonyl (C=O) groups excluding carboxylic acids is 1. The Morgan fingerprint density at radius 3 is 3.00 bits per heavy atom. The van der Waals surface area contributed by atoms with Crippen LogP contribution in [0.1, 0.15) is 31.6 Å². The lowest BCUT2D eigenvalue weighted by Gasteiger charge is -2.32. The molecule has 1 saturated heterocycles. The standard InChI is InChI=1S/C18H26N4O2/c1-13(21(2)3)11-19-18(23)22-10-6-7-14(12-22)17-20-15-8-4-5-9-16(15)24-17/h4-5,8-9,13-14H,6-7,10-12H2,1-3H3,(H,19,23)/t13-,14-/m1/s1. The minimum atomic E-state index is 0.00418. The number of hydrogen-bond donors (Lipinski definition) is 1. The van der Waals surface area contributed by atoms with E-state index in [1.54, 1.807) is 0 Å². The number of nitrogens with one attached hydrogen (secondary N) is 1. The summed E-state index contributed by atoms with van der Waals surface area (Å²) in [7, 11) is 4.03. The molecular weight excluding hydrogens is 304 g/mol. The molecule has 0 unspecified atom stereocenters. The molecule has 2 atom stereocenters. The van der Waals surface area contributed by atoms with E-state index in [0.717, 1.165) is 36.4 Å². The first-order valence-corrected chi connectivity index (χ1v) is 8.59. The number of urea groups is 1. The number of benzene rings is 1.